The van der Waals surface area contributed by atoms with Gasteiger partial charge in [-0.05, 0) is 64.4 Å². The lowest BCUT2D eigenvalue weighted by molar-refractivity contribution is -0.135. The Balaban J connectivity index is 2.61. The molecule has 0 N–H and O–H groups in total. The van der Waals surface area contributed by atoms with Gasteiger partial charge in [-0.15, -0.1) is 23.5 Å². The zero-order valence-corrected chi connectivity index (χ0v) is 16.6. The average molecular weight is 355 g/mol. The molecule has 1 aliphatic heterocycles. The molecule has 0 amide bonds. The van der Waals surface area contributed by atoms with E-state index in [1.165, 1.54) is 24.5 Å². The second-order valence-corrected chi connectivity index (χ2v) is 9.73. The molecule has 0 bridgehead atoms. The highest BCUT2D eigenvalue weighted by atomic mass is 32.2. The van der Waals surface area contributed by atoms with Crippen molar-refractivity contribution in [3.05, 3.63) is 23.3 Å². The fourth-order valence-electron chi connectivity index (χ4n) is 2.48. The van der Waals surface area contributed by atoms with Gasteiger partial charge in [0.05, 0.1) is 4.08 Å². The van der Waals surface area contributed by atoms with Gasteiger partial charge >= 0.3 is 0 Å². The van der Waals surface area contributed by atoms with E-state index in [4.69, 9.17) is 0 Å². The van der Waals surface area contributed by atoms with Crippen molar-refractivity contribution in [2.75, 3.05) is 11.5 Å². The van der Waals surface area contributed by atoms with Gasteiger partial charge in [-0.25, -0.2) is 0 Å². The van der Waals surface area contributed by atoms with E-state index < -0.39 is 0 Å². The Morgan fingerprint density at radius 3 is 2.22 bits per heavy atom. The smallest absolute Gasteiger partial charge is 0.198 e. The molecule has 1 fully saturated rings. The maximum atomic E-state index is 11.7. The van der Waals surface area contributed by atoms with Gasteiger partial charge in [-0.3, -0.25) is 9.59 Å². The summed E-state index contributed by atoms with van der Waals surface area (Å²) in [7, 11) is 0. The summed E-state index contributed by atoms with van der Waals surface area (Å²) in [6.45, 7) is 7.85. The SMILES string of the molecule is CC(=O)C(=O)CCC1(C/C=C(/C)CCC=C(C)C)SCCCS1. The first-order chi connectivity index (χ1) is 10.8. The van der Waals surface area contributed by atoms with Gasteiger partial charge in [0, 0.05) is 13.3 Å². The highest BCUT2D eigenvalue weighted by Gasteiger charge is 2.33. The third-order valence-corrected chi connectivity index (χ3v) is 7.48. The van der Waals surface area contributed by atoms with E-state index >= 15 is 0 Å². The fourth-order valence-corrected chi connectivity index (χ4v) is 5.71. The van der Waals surface area contributed by atoms with Crippen LogP contribution in [0.2, 0.25) is 0 Å². The number of carbonyl (C=O) groups excluding carboxylic acids is 2. The molecule has 0 saturated carbocycles. The summed E-state index contributed by atoms with van der Waals surface area (Å²) in [6.07, 6.45) is 10.3. The summed E-state index contributed by atoms with van der Waals surface area (Å²) in [5, 5.41) is 0. The van der Waals surface area contributed by atoms with Crippen molar-refractivity contribution in [1.29, 1.82) is 0 Å². The van der Waals surface area contributed by atoms with E-state index in [0.29, 0.717) is 6.42 Å². The maximum Gasteiger partial charge on any atom is 0.198 e. The Morgan fingerprint density at radius 2 is 1.65 bits per heavy atom. The van der Waals surface area contributed by atoms with Crippen LogP contribution in [0, 0.1) is 0 Å². The summed E-state index contributed by atoms with van der Waals surface area (Å²) < 4.78 is 0.0845. The van der Waals surface area contributed by atoms with Crippen molar-refractivity contribution < 1.29 is 9.59 Å². The highest BCUT2D eigenvalue weighted by Crippen LogP contribution is 2.48. The molecule has 2 nitrogen and oxygen atoms in total. The van der Waals surface area contributed by atoms with Gasteiger partial charge in [0.15, 0.2) is 11.6 Å². The van der Waals surface area contributed by atoms with Gasteiger partial charge < -0.3 is 0 Å². The van der Waals surface area contributed by atoms with Crippen molar-refractivity contribution in [1.82, 2.24) is 0 Å². The summed E-state index contributed by atoms with van der Waals surface area (Å²) in [6, 6.07) is 0. The van der Waals surface area contributed by atoms with Crippen LogP contribution in [0.15, 0.2) is 23.3 Å². The minimum absolute atomic E-state index is 0.0845. The van der Waals surface area contributed by atoms with Gasteiger partial charge in [-0.2, -0.15) is 0 Å². The highest BCUT2D eigenvalue weighted by molar-refractivity contribution is 8.18. The molecule has 4 heteroatoms. The van der Waals surface area contributed by atoms with Crippen molar-refractivity contribution in [2.45, 2.75) is 70.3 Å². The second-order valence-electron chi connectivity index (χ2n) is 6.52. The van der Waals surface area contributed by atoms with Crippen molar-refractivity contribution >= 4 is 35.1 Å². The molecular formula is C19H30O2S2. The van der Waals surface area contributed by atoms with Crippen LogP contribution in [-0.4, -0.2) is 27.2 Å². The summed E-state index contributed by atoms with van der Waals surface area (Å²) in [4.78, 5) is 22.9. The minimum atomic E-state index is -0.306. The molecule has 0 aromatic rings. The van der Waals surface area contributed by atoms with Crippen LogP contribution in [0.25, 0.3) is 0 Å². The number of carbonyl (C=O) groups is 2. The molecule has 1 rings (SSSR count). The van der Waals surface area contributed by atoms with Crippen LogP contribution in [0.3, 0.4) is 0 Å². The van der Waals surface area contributed by atoms with E-state index in [2.05, 4.69) is 32.9 Å². The summed E-state index contributed by atoms with van der Waals surface area (Å²) in [5.74, 6) is 1.79. The fraction of sp³-hybridized carbons (Fsp3) is 0.684. The summed E-state index contributed by atoms with van der Waals surface area (Å²) in [5.41, 5.74) is 2.79. The molecule has 0 aliphatic carbocycles. The third-order valence-electron chi connectivity index (χ3n) is 4.00. The van der Waals surface area contributed by atoms with Crippen molar-refractivity contribution in [3.8, 4) is 0 Å². The first-order valence-electron chi connectivity index (χ1n) is 8.45. The van der Waals surface area contributed by atoms with Crippen LogP contribution in [-0.2, 0) is 9.59 Å². The second kappa shape index (κ2) is 10.4. The van der Waals surface area contributed by atoms with Gasteiger partial charge in [0.2, 0.25) is 0 Å². The Bertz CT molecular complexity index is 468. The molecular weight excluding hydrogens is 324 g/mol. The number of Topliss-reactive ketones (excluding diaryl/α,β-unsaturated/α-hetero) is 2. The van der Waals surface area contributed by atoms with Gasteiger partial charge in [0.1, 0.15) is 0 Å². The number of rotatable bonds is 9. The molecule has 0 aromatic carbocycles. The van der Waals surface area contributed by atoms with Gasteiger partial charge in [0.25, 0.3) is 0 Å². The Morgan fingerprint density at radius 1 is 1.00 bits per heavy atom. The normalized spacial score (nSPS) is 17.7. The molecule has 1 heterocycles. The van der Waals surface area contributed by atoms with Crippen LogP contribution in [0.4, 0.5) is 0 Å². The molecule has 23 heavy (non-hydrogen) atoms. The zero-order chi connectivity index (χ0) is 17.3. The lowest BCUT2D eigenvalue weighted by Crippen LogP contribution is -2.26. The molecule has 0 spiro atoms. The third kappa shape index (κ3) is 8.25. The summed E-state index contributed by atoms with van der Waals surface area (Å²) >= 11 is 3.96. The van der Waals surface area contributed by atoms with Crippen molar-refractivity contribution in [3.63, 3.8) is 0 Å². The minimum Gasteiger partial charge on any atom is -0.291 e. The number of allylic oxidation sites excluding steroid dienone is 4. The number of hydrogen-bond donors (Lipinski definition) is 0. The molecule has 1 saturated heterocycles. The molecule has 0 aromatic heterocycles. The standard InChI is InChI=1S/C19H30O2S2/c1-15(2)7-5-8-16(3)9-11-19(22-13-6-14-23-19)12-10-18(21)17(4)20/h7,9H,5-6,8,10-14H2,1-4H3/b16-9-. The van der Waals surface area contributed by atoms with E-state index in [9.17, 15) is 9.59 Å². The average Bonchev–Trinajstić information content (AvgIpc) is 2.51. The molecule has 0 radical (unpaired) electrons. The molecule has 130 valence electrons. The lowest BCUT2D eigenvalue weighted by atomic mass is 10.0. The van der Waals surface area contributed by atoms with Crippen molar-refractivity contribution in [2.24, 2.45) is 0 Å². The maximum absolute atomic E-state index is 11.7. The number of hydrogen-bond acceptors (Lipinski definition) is 4. The van der Waals surface area contributed by atoms with E-state index in [1.807, 2.05) is 23.5 Å². The van der Waals surface area contributed by atoms with Gasteiger partial charge in [-0.1, -0.05) is 23.3 Å². The largest absolute Gasteiger partial charge is 0.291 e. The van der Waals surface area contributed by atoms with Crippen LogP contribution in [0.5, 0.6) is 0 Å². The Hall–Kier alpha value is -0.480. The van der Waals surface area contributed by atoms with Crippen LogP contribution < -0.4 is 0 Å². The molecule has 1 aliphatic rings. The first-order valence-corrected chi connectivity index (χ1v) is 10.4. The number of thioether (sulfide) groups is 2. The molecule has 0 unspecified atom stereocenters. The predicted molar refractivity (Wildman–Crippen MR) is 104 cm³/mol. The Labute approximate surface area is 149 Å². The first kappa shape index (κ1) is 20.6. The zero-order valence-electron chi connectivity index (χ0n) is 14.9. The topological polar surface area (TPSA) is 34.1 Å². The van der Waals surface area contributed by atoms with E-state index in [1.54, 1.807) is 0 Å². The lowest BCUT2D eigenvalue weighted by Gasteiger charge is -2.35. The van der Waals surface area contributed by atoms with E-state index in [-0.39, 0.29) is 15.6 Å². The van der Waals surface area contributed by atoms with Crippen LogP contribution in [0.1, 0.15) is 66.2 Å². The predicted octanol–water partition coefficient (Wildman–Crippen LogP) is 5.57. The Kier molecular flexibility index (Phi) is 9.30. The number of ketones is 2. The monoisotopic (exact) mass is 354 g/mol. The van der Waals surface area contributed by atoms with E-state index in [0.717, 1.165) is 37.2 Å². The molecule has 0 atom stereocenters. The van der Waals surface area contributed by atoms with Crippen LogP contribution >= 0.6 is 23.5 Å². The quantitative estimate of drug-likeness (QED) is 0.400.